The molecule has 3 N–H and O–H groups in total. The summed E-state index contributed by atoms with van der Waals surface area (Å²) in [6.45, 7) is 2.10. The van der Waals surface area contributed by atoms with Crippen molar-refractivity contribution in [1.82, 2.24) is 5.32 Å². The standard InChI is InChI=1S/C16H22ClN3O/c17-14-9-11(16(18)21)4-7-15(14)20(13-5-6-13)10-12-3-1-2-8-19-12/h4,7,9,12-13,19H,1-3,5-6,8,10H2,(H2,18,21). The zero-order valence-electron chi connectivity index (χ0n) is 12.1. The monoisotopic (exact) mass is 307 g/mol. The minimum Gasteiger partial charge on any atom is -0.366 e. The minimum atomic E-state index is -0.435. The number of carbonyl (C=O) groups excluding carboxylic acids is 1. The highest BCUT2D eigenvalue weighted by Crippen LogP contribution is 2.36. The molecule has 1 atom stereocenters. The Kier molecular flexibility index (Phi) is 4.36. The Hall–Kier alpha value is -1.26. The number of rotatable bonds is 5. The van der Waals surface area contributed by atoms with Gasteiger partial charge in [0.15, 0.2) is 0 Å². The zero-order valence-corrected chi connectivity index (χ0v) is 12.9. The number of piperidine rings is 1. The van der Waals surface area contributed by atoms with Gasteiger partial charge in [-0.25, -0.2) is 0 Å². The molecule has 0 spiro atoms. The van der Waals surface area contributed by atoms with Gasteiger partial charge in [-0.05, 0) is 50.4 Å². The van der Waals surface area contributed by atoms with Crippen LogP contribution >= 0.6 is 11.6 Å². The van der Waals surface area contributed by atoms with Gasteiger partial charge in [-0.15, -0.1) is 0 Å². The van der Waals surface area contributed by atoms with Gasteiger partial charge in [0, 0.05) is 24.2 Å². The van der Waals surface area contributed by atoms with E-state index in [-0.39, 0.29) is 0 Å². The van der Waals surface area contributed by atoms with Crippen LogP contribution in [0.25, 0.3) is 0 Å². The molecule has 4 nitrogen and oxygen atoms in total. The Morgan fingerprint density at radius 2 is 2.14 bits per heavy atom. The second kappa shape index (κ2) is 6.24. The lowest BCUT2D eigenvalue weighted by Gasteiger charge is -2.33. The average Bonchev–Trinajstić information content (AvgIpc) is 3.31. The zero-order chi connectivity index (χ0) is 14.8. The summed E-state index contributed by atoms with van der Waals surface area (Å²) < 4.78 is 0. The van der Waals surface area contributed by atoms with Crippen molar-refractivity contribution in [3.63, 3.8) is 0 Å². The van der Waals surface area contributed by atoms with Crippen molar-refractivity contribution >= 4 is 23.2 Å². The smallest absolute Gasteiger partial charge is 0.248 e. The van der Waals surface area contributed by atoms with Crippen LogP contribution < -0.4 is 16.0 Å². The van der Waals surface area contributed by atoms with Crippen molar-refractivity contribution in [2.24, 2.45) is 5.73 Å². The summed E-state index contributed by atoms with van der Waals surface area (Å²) in [4.78, 5) is 13.6. The fourth-order valence-electron chi connectivity index (χ4n) is 3.04. The lowest BCUT2D eigenvalue weighted by Crippen LogP contribution is -2.44. The molecular formula is C16H22ClN3O. The quantitative estimate of drug-likeness (QED) is 0.879. The van der Waals surface area contributed by atoms with E-state index in [2.05, 4.69) is 10.2 Å². The van der Waals surface area contributed by atoms with Crippen molar-refractivity contribution in [3.05, 3.63) is 28.8 Å². The highest BCUT2D eigenvalue weighted by Gasteiger charge is 2.32. The number of hydrogen-bond donors (Lipinski definition) is 2. The number of nitrogens with zero attached hydrogens (tertiary/aromatic N) is 1. The largest absolute Gasteiger partial charge is 0.366 e. The van der Waals surface area contributed by atoms with Crippen LogP contribution in [0.4, 0.5) is 5.69 Å². The van der Waals surface area contributed by atoms with Crippen LogP contribution in [0.5, 0.6) is 0 Å². The number of hydrogen-bond acceptors (Lipinski definition) is 3. The molecule has 1 aromatic rings. The first-order chi connectivity index (χ1) is 10.1. The van der Waals surface area contributed by atoms with Gasteiger partial charge in [0.1, 0.15) is 0 Å². The van der Waals surface area contributed by atoms with Crippen molar-refractivity contribution < 1.29 is 4.79 Å². The normalized spacial score (nSPS) is 22.0. The number of benzene rings is 1. The van der Waals surface area contributed by atoms with Crippen LogP contribution in [0.3, 0.4) is 0 Å². The van der Waals surface area contributed by atoms with Crippen molar-refractivity contribution in [2.45, 2.75) is 44.2 Å². The molecule has 1 saturated carbocycles. The summed E-state index contributed by atoms with van der Waals surface area (Å²) >= 11 is 6.39. The summed E-state index contributed by atoms with van der Waals surface area (Å²) in [7, 11) is 0. The van der Waals surface area contributed by atoms with Gasteiger partial charge < -0.3 is 16.0 Å². The minimum absolute atomic E-state index is 0.435. The first kappa shape index (κ1) is 14.7. The highest BCUT2D eigenvalue weighted by atomic mass is 35.5. The molecule has 0 bridgehead atoms. The van der Waals surface area contributed by atoms with Crippen LogP contribution in [-0.2, 0) is 0 Å². The maximum Gasteiger partial charge on any atom is 0.248 e. The maximum atomic E-state index is 11.2. The lowest BCUT2D eigenvalue weighted by molar-refractivity contribution is 0.100. The first-order valence-electron chi connectivity index (χ1n) is 7.74. The molecule has 1 unspecified atom stereocenters. The molecule has 5 heteroatoms. The van der Waals surface area contributed by atoms with E-state index in [4.69, 9.17) is 17.3 Å². The second-order valence-electron chi connectivity index (χ2n) is 6.06. The average molecular weight is 308 g/mol. The Balaban J connectivity index is 1.78. The second-order valence-corrected chi connectivity index (χ2v) is 6.47. The van der Waals surface area contributed by atoms with Crippen LogP contribution in [0.15, 0.2) is 18.2 Å². The van der Waals surface area contributed by atoms with E-state index in [1.807, 2.05) is 6.07 Å². The Morgan fingerprint density at radius 1 is 1.33 bits per heavy atom. The fourth-order valence-corrected chi connectivity index (χ4v) is 3.33. The number of carbonyl (C=O) groups is 1. The first-order valence-corrected chi connectivity index (χ1v) is 8.12. The van der Waals surface area contributed by atoms with E-state index in [1.54, 1.807) is 12.1 Å². The van der Waals surface area contributed by atoms with Crippen molar-refractivity contribution in [1.29, 1.82) is 0 Å². The van der Waals surface area contributed by atoms with Gasteiger partial charge >= 0.3 is 0 Å². The SMILES string of the molecule is NC(=O)c1ccc(N(CC2CCCCN2)C2CC2)c(Cl)c1. The summed E-state index contributed by atoms with van der Waals surface area (Å²) in [6, 6.07) is 6.51. The van der Waals surface area contributed by atoms with Crippen LogP contribution in [-0.4, -0.2) is 31.1 Å². The Bertz CT molecular complexity index is 524. The van der Waals surface area contributed by atoms with Gasteiger partial charge in [-0.2, -0.15) is 0 Å². The molecule has 1 aliphatic heterocycles. The molecule has 1 saturated heterocycles. The number of amides is 1. The highest BCUT2D eigenvalue weighted by molar-refractivity contribution is 6.33. The summed E-state index contributed by atoms with van der Waals surface area (Å²) in [5, 5.41) is 4.21. The molecule has 0 radical (unpaired) electrons. The Morgan fingerprint density at radius 3 is 2.71 bits per heavy atom. The van der Waals surface area contributed by atoms with Gasteiger partial charge in [0.25, 0.3) is 0 Å². The lowest BCUT2D eigenvalue weighted by atomic mass is 10.0. The third-order valence-corrected chi connectivity index (χ3v) is 4.66. The molecular weight excluding hydrogens is 286 g/mol. The van der Waals surface area contributed by atoms with E-state index in [0.717, 1.165) is 18.8 Å². The predicted molar refractivity (Wildman–Crippen MR) is 86.0 cm³/mol. The number of anilines is 1. The molecule has 3 rings (SSSR count). The summed E-state index contributed by atoms with van der Waals surface area (Å²) in [5.41, 5.74) is 6.80. The van der Waals surface area contributed by atoms with E-state index < -0.39 is 5.91 Å². The number of nitrogens with one attached hydrogen (secondary N) is 1. The van der Waals surface area contributed by atoms with Crippen molar-refractivity contribution in [2.75, 3.05) is 18.0 Å². The van der Waals surface area contributed by atoms with Gasteiger partial charge in [0.05, 0.1) is 10.7 Å². The van der Waals surface area contributed by atoms with Crippen LogP contribution in [0, 0.1) is 0 Å². The number of primary amides is 1. The molecule has 0 aromatic heterocycles. The van der Waals surface area contributed by atoms with E-state index >= 15 is 0 Å². The molecule has 114 valence electrons. The molecule has 21 heavy (non-hydrogen) atoms. The van der Waals surface area contributed by atoms with Crippen molar-refractivity contribution in [3.8, 4) is 0 Å². The Labute approximate surface area is 130 Å². The molecule has 2 fully saturated rings. The molecule has 2 aliphatic rings. The third-order valence-electron chi connectivity index (χ3n) is 4.36. The van der Waals surface area contributed by atoms with E-state index in [0.29, 0.717) is 22.7 Å². The maximum absolute atomic E-state index is 11.2. The van der Waals surface area contributed by atoms with Crippen LogP contribution in [0.2, 0.25) is 5.02 Å². The summed E-state index contributed by atoms with van der Waals surface area (Å²) in [6.07, 6.45) is 6.24. The molecule has 1 heterocycles. The molecule has 1 aromatic carbocycles. The predicted octanol–water partition coefficient (Wildman–Crippen LogP) is 2.55. The molecule has 1 aliphatic carbocycles. The van der Waals surface area contributed by atoms with E-state index in [9.17, 15) is 4.79 Å². The van der Waals surface area contributed by atoms with Gasteiger partial charge in [-0.3, -0.25) is 4.79 Å². The number of halogens is 1. The van der Waals surface area contributed by atoms with Gasteiger partial charge in [0.2, 0.25) is 5.91 Å². The number of nitrogens with two attached hydrogens (primary N) is 1. The molecule has 1 amide bonds. The summed E-state index contributed by atoms with van der Waals surface area (Å²) in [5.74, 6) is -0.435. The topological polar surface area (TPSA) is 58.4 Å². The van der Waals surface area contributed by atoms with Gasteiger partial charge in [-0.1, -0.05) is 18.0 Å². The fraction of sp³-hybridized carbons (Fsp3) is 0.562. The van der Waals surface area contributed by atoms with E-state index in [1.165, 1.54) is 32.1 Å². The third kappa shape index (κ3) is 3.50. The van der Waals surface area contributed by atoms with Crippen LogP contribution in [0.1, 0.15) is 42.5 Å².